The maximum absolute atomic E-state index is 11.4. The molecule has 0 aliphatic carbocycles. The van der Waals surface area contributed by atoms with Crippen molar-refractivity contribution in [2.24, 2.45) is 0 Å². The van der Waals surface area contributed by atoms with Gasteiger partial charge in [-0.05, 0) is 12.1 Å². The van der Waals surface area contributed by atoms with Gasteiger partial charge in [-0.3, -0.25) is 9.69 Å². The van der Waals surface area contributed by atoms with Crippen molar-refractivity contribution in [3.63, 3.8) is 0 Å². The average molecular weight is 327 g/mol. The van der Waals surface area contributed by atoms with E-state index in [-0.39, 0.29) is 12.5 Å². The van der Waals surface area contributed by atoms with Crippen LogP contribution in [0.15, 0.2) is 16.6 Å². The van der Waals surface area contributed by atoms with E-state index in [1.807, 2.05) is 12.1 Å². The van der Waals surface area contributed by atoms with Gasteiger partial charge in [-0.1, -0.05) is 15.9 Å². The van der Waals surface area contributed by atoms with E-state index in [4.69, 9.17) is 9.47 Å². The number of nitrogens with one attached hydrogen (secondary N) is 1. The van der Waals surface area contributed by atoms with E-state index < -0.39 is 0 Å². The average Bonchev–Trinajstić information content (AvgIpc) is 2.39. The number of hydrogen-bond acceptors (Lipinski definition) is 4. The van der Waals surface area contributed by atoms with Gasteiger partial charge in [0, 0.05) is 29.7 Å². The van der Waals surface area contributed by atoms with Crippen molar-refractivity contribution in [1.82, 2.24) is 4.90 Å². The van der Waals surface area contributed by atoms with Gasteiger partial charge >= 0.3 is 0 Å². The highest BCUT2D eigenvalue weighted by molar-refractivity contribution is 9.10. The molecule has 2 aliphatic heterocycles. The molecule has 0 radical (unpaired) electrons. The molecule has 0 aromatic heterocycles. The van der Waals surface area contributed by atoms with E-state index in [9.17, 15) is 4.79 Å². The fourth-order valence-electron chi connectivity index (χ4n) is 2.36. The SMILES string of the molecule is O=C1COc2c(CN3CCOCC3)cc(Br)cc2N1. The second-order valence-electron chi connectivity index (χ2n) is 4.67. The standard InChI is InChI=1S/C13H15BrN2O3/c14-10-5-9(7-16-1-3-18-4-2-16)13-11(6-10)15-12(17)8-19-13/h5-6H,1-4,7-8H2,(H,15,17). The molecule has 102 valence electrons. The van der Waals surface area contributed by atoms with Crippen LogP contribution in [0, 0.1) is 0 Å². The van der Waals surface area contributed by atoms with Gasteiger partial charge in [0.05, 0.1) is 18.9 Å². The van der Waals surface area contributed by atoms with Crippen LogP contribution in [0.3, 0.4) is 0 Å². The largest absolute Gasteiger partial charge is 0.481 e. The lowest BCUT2D eigenvalue weighted by molar-refractivity contribution is -0.118. The van der Waals surface area contributed by atoms with Crippen LogP contribution < -0.4 is 10.1 Å². The van der Waals surface area contributed by atoms with Crippen LogP contribution in [0.4, 0.5) is 5.69 Å². The first kappa shape index (κ1) is 12.9. The molecule has 1 aromatic carbocycles. The molecular formula is C13H15BrN2O3. The van der Waals surface area contributed by atoms with E-state index in [0.29, 0.717) is 0 Å². The van der Waals surface area contributed by atoms with Crippen molar-refractivity contribution in [2.45, 2.75) is 6.54 Å². The number of carbonyl (C=O) groups excluding carboxylic acids is 1. The Balaban J connectivity index is 1.85. The zero-order valence-corrected chi connectivity index (χ0v) is 12.0. The zero-order valence-electron chi connectivity index (χ0n) is 10.4. The zero-order chi connectivity index (χ0) is 13.2. The van der Waals surface area contributed by atoms with Gasteiger partial charge in [0.2, 0.25) is 0 Å². The maximum Gasteiger partial charge on any atom is 0.262 e. The summed E-state index contributed by atoms with van der Waals surface area (Å²) < 4.78 is 11.9. The number of anilines is 1. The lowest BCUT2D eigenvalue weighted by Gasteiger charge is -2.28. The van der Waals surface area contributed by atoms with Crippen LogP contribution in [0.1, 0.15) is 5.56 Å². The molecule has 2 aliphatic rings. The topological polar surface area (TPSA) is 50.8 Å². The molecule has 0 atom stereocenters. The predicted molar refractivity (Wildman–Crippen MR) is 74.4 cm³/mol. The monoisotopic (exact) mass is 326 g/mol. The minimum atomic E-state index is -0.108. The van der Waals surface area contributed by atoms with E-state index in [1.54, 1.807) is 0 Å². The van der Waals surface area contributed by atoms with Crippen LogP contribution in [0.2, 0.25) is 0 Å². The minimum absolute atomic E-state index is 0.0880. The number of morpholine rings is 1. The summed E-state index contributed by atoms with van der Waals surface area (Å²) in [5.41, 5.74) is 1.83. The Morgan fingerprint density at radius 2 is 2.11 bits per heavy atom. The summed E-state index contributed by atoms with van der Waals surface area (Å²) in [7, 11) is 0. The quantitative estimate of drug-likeness (QED) is 0.897. The van der Waals surface area contributed by atoms with Crippen molar-refractivity contribution in [3.8, 4) is 5.75 Å². The lowest BCUT2D eigenvalue weighted by atomic mass is 10.1. The Kier molecular flexibility index (Phi) is 3.72. The molecule has 19 heavy (non-hydrogen) atoms. The summed E-state index contributed by atoms with van der Waals surface area (Å²) in [5, 5.41) is 2.84. The molecule has 5 nitrogen and oxygen atoms in total. The number of carbonyl (C=O) groups is 1. The number of nitrogens with zero attached hydrogens (tertiary/aromatic N) is 1. The molecule has 0 unspecified atom stereocenters. The molecule has 1 saturated heterocycles. The highest BCUT2D eigenvalue weighted by atomic mass is 79.9. The molecule has 1 fully saturated rings. The Hall–Kier alpha value is -1.11. The van der Waals surface area contributed by atoms with E-state index in [2.05, 4.69) is 26.1 Å². The molecule has 0 bridgehead atoms. The second-order valence-corrected chi connectivity index (χ2v) is 5.58. The number of rotatable bonds is 2. The van der Waals surface area contributed by atoms with Gasteiger partial charge in [0.1, 0.15) is 5.75 Å². The maximum atomic E-state index is 11.4. The Bertz CT molecular complexity index is 501. The number of fused-ring (bicyclic) bond motifs is 1. The molecule has 1 N–H and O–H groups in total. The van der Waals surface area contributed by atoms with Gasteiger partial charge in [0.25, 0.3) is 5.91 Å². The molecular weight excluding hydrogens is 312 g/mol. The summed E-state index contributed by atoms with van der Waals surface area (Å²) in [6, 6.07) is 3.92. The molecule has 1 aromatic rings. The van der Waals surface area contributed by atoms with E-state index in [0.717, 1.165) is 54.3 Å². The Labute approximate surface area is 120 Å². The van der Waals surface area contributed by atoms with Crippen molar-refractivity contribution in [1.29, 1.82) is 0 Å². The van der Waals surface area contributed by atoms with Crippen molar-refractivity contribution >= 4 is 27.5 Å². The lowest BCUT2D eigenvalue weighted by Crippen LogP contribution is -2.36. The van der Waals surface area contributed by atoms with Gasteiger partial charge in [-0.2, -0.15) is 0 Å². The van der Waals surface area contributed by atoms with Crippen molar-refractivity contribution in [3.05, 3.63) is 22.2 Å². The van der Waals surface area contributed by atoms with Crippen LogP contribution in [-0.2, 0) is 16.1 Å². The third-order valence-electron chi connectivity index (χ3n) is 3.25. The first-order valence-corrected chi connectivity index (χ1v) is 7.07. The van der Waals surface area contributed by atoms with Gasteiger partial charge < -0.3 is 14.8 Å². The highest BCUT2D eigenvalue weighted by Gasteiger charge is 2.22. The molecule has 2 heterocycles. The second kappa shape index (κ2) is 5.48. The molecule has 1 amide bonds. The Morgan fingerprint density at radius 1 is 1.32 bits per heavy atom. The third kappa shape index (κ3) is 2.91. The number of benzene rings is 1. The van der Waals surface area contributed by atoms with Crippen LogP contribution in [0.5, 0.6) is 5.75 Å². The summed E-state index contributed by atoms with van der Waals surface area (Å²) in [6.45, 7) is 4.29. The minimum Gasteiger partial charge on any atom is -0.481 e. The normalized spacial score (nSPS) is 19.5. The van der Waals surface area contributed by atoms with Crippen molar-refractivity contribution in [2.75, 3.05) is 38.2 Å². The molecule has 0 saturated carbocycles. The smallest absolute Gasteiger partial charge is 0.262 e. The predicted octanol–water partition coefficient (Wildman–Crippen LogP) is 1.61. The molecule has 3 rings (SSSR count). The van der Waals surface area contributed by atoms with Crippen LogP contribution in [-0.4, -0.2) is 43.7 Å². The summed E-state index contributed by atoms with van der Waals surface area (Å²) in [4.78, 5) is 13.7. The fraction of sp³-hybridized carbons (Fsp3) is 0.462. The highest BCUT2D eigenvalue weighted by Crippen LogP contribution is 2.35. The first-order valence-electron chi connectivity index (χ1n) is 6.27. The third-order valence-corrected chi connectivity index (χ3v) is 3.71. The first-order chi connectivity index (χ1) is 9.22. The fourth-order valence-corrected chi connectivity index (χ4v) is 2.86. The van der Waals surface area contributed by atoms with E-state index >= 15 is 0 Å². The van der Waals surface area contributed by atoms with Crippen LogP contribution in [0.25, 0.3) is 0 Å². The van der Waals surface area contributed by atoms with Crippen LogP contribution >= 0.6 is 15.9 Å². The summed E-state index contributed by atoms with van der Waals surface area (Å²) in [5.74, 6) is 0.678. The van der Waals surface area contributed by atoms with Gasteiger partial charge in [-0.25, -0.2) is 0 Å². The molecule has 0 spiro atoms. The van der Waals surface area contributed by atoms with Gasteiger partial charge in [0.15, 0.2) is 6.61 Å². The number of amides is 1. The number of halogens is 1. The number of ether oxygens (including phenoxy) is 2. The van der Waals surface area contributed by atoms with E-state index in [1.165, 1.54) is 0 Å². The number of hydrogen-bond donors (Lipinski definition) is 1. The van der Waals surface area contributed by atoms with Gasteiger partial charge in [-0.15, -0.1) is 0 Å². The summed E-state index contributed by atoms with van der Waals surface area (Å²) in [6.07, 6.45) is 0. The Morgan fingerprint density at radius 3 is 2.89 bits per heavy atom. The van der Waals surface area contributed by atoms with Crippen molar-refractivity contribution < 1.29 is 14.3 Å². The molecule has 6 heteroatoms. The summed E-state index contributed by atoms with van der Waals surface area (Å²) >= 11 is 3.48.